The molecule has 24 heavy (non-hydrogen) atoms. The topological polar surface area (TPSA) is 66.8 Å². The van der Waals surface area contributed by atoms with E-state index < -0.39 is 11.4 Å². The first-order chi connectivity index (χ1) is 11.5. The van der Waals surface area contributed by atoms with Crippen LogP contribution in [0.2, 0.25) is 0 Å². The molecule has 2 N–H and O–H groups in total. The number of carboxylic acid groups (broad SMARTS) is 1. The lowest BCUT2D eigenvalue weighted by molar-refractivity contribution is 0.0697. The summed E-state index contributed by atoms with van der Waals surface area (Å²) in [6.07, 6.45) is 2.76. The molecular formula is C20H20O4. The normalized spacial score (nSPS) is 22.3. The Morgan fingerprint density at radius 3 is 2.62 bits per heavy atom. The predicted octanol–water partition coefficient (Wildman–Crippen LogP) is 4.10. The number of aromatic hydroxyl groups is 1. The number of aromatic carboxylic acids is 1. The fraction of sp³-hybridized carbons (Fsp3) is 0.250. The Balaban J connectivity index is 2.10. The molecule has 4 heteroatoms. The highest BCUT2D eigenvalue weighted by molar-refractivity contribution is 5.87. The Kier molecular flexibility index (Phi) is 4.06. The molecule has 1 heterocycles. The zero-order chi connectivity index (χ0) is 17.3. The standard InChI is InChI=1S/C20H20O4/c1-3-17-16-10-9-15(21)11-18(16)24-12-20(17,4-2)14-7-5-13(6-8-14)19(22)23/h4-11,17,21H,2-3,12H2,1H3,(H,22,23)/t17-,20-/m1/s1. The number of rotatable bonds is 4. The third-order valence-electron chi connectivity index (χ3n) is 4.90. The Morgan fingerprint density at radius 1 is 1.33 bits per heavy atom. The van der Waals surface area contributed by atoms with Gasteiger partial charge in [-0.25, -0.2) is 4.79 Å². The Morgan fingerprint density at radius 2 is 2.04 bits per heavy atom. The van der Waals surface area contributed by atoms with E-state index in [-0.39, 0.29) is 17.2 Å². The van der Waals surface area contributed by atoms with Crippen LogP contribution in [-0.4, -0.2) is 22.8 Å². The first-order valence-electron chi connectivity index (χ1n) is 7.95. The van der Waals surface area contributed by atoms with Gasteiger partial charge in [0.2, 0.25) is 0 Å². The van der Waals surface area contributed by atoms with Crippen LogP contribution in [0.1, 0.15) is 40.7 Å². The van der Waals surface area contributed by atoms with Crippen LogP contribution in [0.3, 0.4) is 0 Å². The molecule has 2 atom stereocenters. The molecule has 0 saturated carbocycles. The lowest BCUT2D eigenvalue weighted by Crippen LogP contribution is -2.41. The number of carbonyl (C=O) groups is 1. The molecular weight excluding hydrogens is 304 g/mol. The number of hydrogen-bond donors (Lipinski definition) is 2. The first kappa shape index (κ1) is 16.1. The minimum Gasteiger partial charge on any atom is -0.508 e. The van der Waals surface area contributed by atoms with E-state index >= 15 is 0 Å². The number of hydrogen-bond acceptors (Lipinski definition) is 3. The average Bonchev–Trinajstić information content (AvgIpc) is 2.60. The van der Waals surface area contributed by atoms with Crippen molar-refractivity contribution in [3.63, 3.8) is 0 Å². The molecule has 1 aliphatic heterocycles. The maximum Gasteiger partial charge on any atom is 0.335 e. The van der Waals surface area contributed by atoms with Gasteiger partial charge < -0.3 is 14.9 Å². The van der Waals surface area contributed by atoms with E-state index in [9.17, 15) is 9.90 Å². The summed E-state index contributed by atoms with van der Waals surface area (Å²) in [4.78, 5) is 11.1. The van der Waals surface area contributed by atoms with Crippen molar-refractivity contribution in [2.24, 2.45) is 0 Å². The smallest absolute Gasteiger partial charge is 0.335 e. The minimum absolute atomic E-state index is 0.134. The number of phenolic OH excluding ortho intramolecular Hbond substituents is 1. The Labute approximate surface area is 141 Å². The van der Waals surface area contributed by atoms with Gasteiger partial charge in [0, 0.05) is 12.0 Å². The largest absolute Gasteiger partial charge is 0.508 e. The molecule has 2 aromatic rings. The number of fused-ring (bicyclic) bond motifs is 1. The van der Waals surface area contributed by atoms with Gasteiger partial charge in [0.25, 0.3) is 0 Å². The van der Waals surface area contributed by atoms with Crippen LogP contribution >= 0.6 is 0 Å². The maximum atomic E-state index is 11.1. The van der Waals surface area contributed by atoms with Crippen molar-refractivity contribution in [1.29, 1.82) is 0 Å². The summed E-state index contributed by atoms with van der Waals surface area (Å²) in [5.41, 5.74) is 1.83. The fourth-order valence-corrected chi connectivity index (χ4v) is 3.62. The highest BCUT2D eigenvalue weighted by atomic mass is 16.5. The Hall–Kier alpha value is -2.75. The molecule has 0 unspecified atom stereocenters. The van der Waals surface area contributed by atoms with Crippen molar-refractivity contribution in [2.45, 2.75) is 24.7 Å². The van der Waals surface area contributed by atoms with Crippen LogP contribution in [0.15, 0.2) is 55.1 Å². The van der Waals surface area contributed by atoms with Crippen LogP contribution in [0.25, 0.3) is 0 Å². The van der Waals surface area contributed by atoms with Gasteiger partial charge in [0.15, 0.2) is 0 Å². The molecule has 0 amide bonds. The van der Waals surface area contributed by atoms with Crippen molar-refractivity contribution in [2.75, 3.05) is 6.61 Å². The van der Waals surface area contributed by atoms with Gasteiger partial charge in [-0.3, -0.25) is 0 Å². The molecule has 0 fully saturated rings. The Bertz CT molecular complexity index is 779. The van der Waals surface area contributed by atoms with Crippen molar-refractivity contribution >= 4 is 5.97 Å². The number of phenols is 1. The molecule has 0 spiro atoms. The van der Waals surface area contributed by atoms with Crippen molar-refractivity contribution in [1.82, 2.24) is 0 Å². The maximum absolute atomic E-state index is 11.1. The van der Waals surface area contributed by atoms with Crippen LogP contribution in [0.4, 0.5) is 0 Å². The van der Waals surface area contributed by atoms with Gasteiger partial charge in [-0.15, -0.1) is 6.58 Å². The summed E-state index contributed by atoms with van der Waals surface area (Å²) < 4.78 is 5.93. The van der Waals surface area contributed by atoms with Gasteiger partial charge >= 0.3 is 5.97 Å². The lowest BCUT2D eigenvalue weighted by Gasteiger charge is -2.43. The molecule has 1 aliphatic rings. The SMILES string of the molecule is C=C[C@]1(c2ccc(C(=O)O)cc2)COc2cc(O)ccc2[C@H]1CC. The van der Waals surface area contributed by atoms with E-state index in [0.29, 0.717) is 12.4 Å². The van der Waals surface area contributed by atoms with E-state index in [1.165, 1.54) is 0 Å². The molecule has 0 aliphatic carbocycles. The zero-order valence-electron chi connectivity index (χ0n) is 13.5. The highest BCUT2D eigenvalue weighted by Crippen LogP contribution is 2.49. The second kappa shape index (κ2) is 6.04. The summed E-state index contributed by atoms with van der Waals surface area (Å²) in [6, 6.07) is 12.1. The van der Waals surface area contributed by atoms with Gasteiger partial charge in [-0.05, 0) is 35.7 Å². The van der Waals surface area contributed by atoms with Crippen LogP contribution in [-0.2, 0) is 5.41 Å². The van der Waals surface area contributed by atoms with Gasteiger partial charge in [0.05, 0.1) is 11.0 Å². The lowest BCUT2D eigenvalue weighted by atomic mass is 9.65. The van der Waals surface area contributed by atoms with E-state index in [2.05, 4.69) is 13.5 Å². The van der Waals surface area contributed by atoms with Crippen LogP contribution in [0, 0.1) is 0 Å². The zero-order valence-corrected chi connectivity index (χ0v) is 13.5. The van der Waals surface area contributed by atoms with Crippen molar-refractivity contribution in [3.05, 3.63) is 71.8 Å². The molecule has 3 rings (SSSR count). The van der Waals surface area contributed by atoms with Gasteiger partial charge in [-0.1, -0.05) is 31.2 Å². The molecule has 0 radical (unpaired) electrons. The molecule has 124 valence electrons. The van der Waals surface area contributed by atoms with Gasteiger partial charge in [0.1, 0.15) is 18.1 Å². The van der Waals surface area contributed by atoms with Gasteiger partial charge in [-0.2, -0.15) is 0 Å². The van der Waals surface area contributed by atoms with E-state index in [0.717, 1.165) is 17.5 Å². The molecule has 4 nitrogen and oxygen atoms in total. The molecule has 0 bridgehead atoms. The van der Waals surface area contributed by atoms with E-state index in [4.69, 9.17) is 9.84 Å². The summed E-state index contributed by atoms with van der Waals surface area (Å²) in [7, 11) is 0. The van der Waals surface area contributed by atoms with Crippen LogP contribution in [0.5, 0.6) is 11.5 Å². The highest BCUT2D eigenvalue weighted by Gasteiger charge is 2.43. The molecule has 0 aromatic heterocycles. The molecule has 0 saturated heterocycles. The quantitative estimate of drug-likeness (QED) is 0.831. The average molecular weight is 324 g/mol. The number of benzene rings is 2. The second-order valence-corrected chi connectivity index (χ2v) is 6.10. The monoisotopic (exact) mass is 324 g/mol. The van der Waals surface area contributed by atoms with Crippen molar-refractivity contribution < 1.29 is 19.7 Å². The predicted molar refractivity (Wildman–Crippen MR) is 91.9 cm³/mol. The third-order valence-corrected chi connectivity index (χ3v) is 4.90. The summed E-state index contributed by atoms with van der Waals surface area (Å²) >= 11 is 0. The number of ether oxygens (including phenoxy) is 1. The summed E-state index contributed by atoms with van der Waals surface area (Å²) in [5, 5.41) is 18.8. The van der Waals surface area contributed by atoms with Crippen LogP contribution < -0.4 is 4.74 Å². The minimum atomic E-state index is -0.943. The fourth-order valence-electron chi connectivity index (χ4n) is 3.62. The summed E-state index contributed by atoms with van der Waals surface area (Å²) in [5.74, 6) is 0.0685. The molecule has 2 aromatic carbocycles. The second-order valence-electron chi connectivity index (χ2n) is 6.10. The first-order valence-corrected chi connectivity index (χ1v) is 7.95. The number of carboxylic acids is 1. The summed E-state index contributed by atoms with van der Waals surface area (Å²) in [6.45, 7) is 6.54. The van der Waals surface area contributed by atoms with E-state index in [1.54, 1.807) is 24.3 Å². The third kappa shape index (κ3) is 2.44. The van der Waals surface area contributed by atoms with Crippen molar-refractivity contribution in [3.8, 4) is 11.5 Å². The van der Waals surface area contributed by atoms with E-state index in [1.807, 2.05) is 24.3 Å².